The molecule has 0 unspecified atom stereocenters. The molecule has 1 aromatic heterocycles. The number of nitrogens with zero attached hydrogens (tertiary/aromatic N) is 1. The summed E-state index contributed by atoms with van der Waals surface area (Å²) in [5.41, 5.74) is 1.77. The maximum absolute atomic E-state index is 12.0. The van der Waals surface area contributed by atoms with E-state index >= 15 is 0 Å². The number of aryl methyl sites for hydroxylation is 1. The molecule has 23 heavy (non-hydrogen) atoms. The molecule has 0 aliphatic rings. The number of amides is 1. The van der Waals surface area contributed by atoms with Crippen LogP contribution in [0.3, 0.4) is 0 Å². The summed E-state index contributed by atoms with van der Waals surface area (Å²) < 4.78 is 7.44. The Morgan fingerprint density at radius 3 is 2.87 bits per heavy atom. The zero-order valence-electron chi connectivity index (χ0n) is 11.9. The van der Waals surface area contributed by atoms with Crippen molar-refractivity contribution >= 4 is 50.2 Å². The zero-order chi connectivity index (χ0) is 16.4. The van der Waals surface area contributed by atoms with Crippen molar-refractivity contribution in [2.24, 2.45) is 0 Å². The van der Waals surface area contributed by atoms with Gasteiger partial charge in [0.2, 0.25) is 5.91 Å². The average molecular weight is 396 g/mol. The molecule has 7 heteroatoms. The van der Waals surface area contributed by atoms with Gasteiger partial charge in [-0.05, 0) is 36.4 Å². The van der Waals surface area contributed by atoms with Crippen molar-refractivity contribution < 1.29 is 9.21 Å². The van der Waals surface area contributed by atoms with E-state index in [0.29, 0.717) is 21.8 Å². The molecule has 3 rings (SSSR count). The molecule has 0 aliphatic heterocycles. The fourth-order valence-corrected chi connectivity index (χ4v) is 2.79. The summed E-state index contributed by atoms with van der Waals surface area (Å²) in [7, 11) is 0. The molecule has 0 saturated carbocycles. The van der Waals surface area contributed by atoms with Crippen molar-refractivity contribution in [2.45, 2.75) is 13.0 Å². The van der Waals surface area contributed by atoms with Crippen LogP contribution in [0.25, 0.3) is 11.1 Å². The van der Waals surface area contributed by atoms with E-state index in [1.165, 1.54) is 4.57 Å². The van der Waals surface area contributed by atoms with Gasteiger partial charge >= 0.3 is 5.76 Å². The normalized spacial score (nSPS) is 10.9. The van der Waals surface area contributed by atoms with Gasteiger partial charge in [-0.25, -0.2) is 4.79 Å². The number of hydrogen-bond acceptors (Lipinski definition) is 3. The van der Waals surface area contributed by atoms with E-state index in [4.69, 9.17) is 16.0 Å². The highest BCUT2D eigenvalue weighted by molar-refractivity contribution is 9.10. The lowest BCUT2D eigenvalue weighted by Gasteiger charge is -2.06. The molecule has 0 atom stereocenters. The fourth-order valence-electron chi connectivity index (χ4n) is 2.26. The molecular formula is C16H12BrClN2O3. The van der Waals surface area contributed by atoms with Gasteiger partial charge < -0.3 is 9.73 Å². The maximum Gasteiger partial charge on any atom is 0.419 e. The van der Waals surface area contributed by atoms with Crippen LogP contribution in [-0.4, -0.2) is 10.5 Å². The number of carbonyl (C=O) groups is 1. The molecular weight excluding hydrogens is 384 g/mol. The summed E-state index contributed by atoms with van der Waals surface area (Å²) in [4.78, 5) is 23.9. The first-order valence-electron chi connectivity index (χ1n) is 6.87. The molecule has 1 heterocycles. The van der Waals surface area contributed by atoms with Crippen LogP contribution in [0.1, 0.15) is 6.42 Å². The molecule has 1 amide bonds. The van der Waals surface area contributed by atoms with E-state index < -0.39 is 5.76 Å². The second kappa shape index (κ2) is 6.60. The Morgan fingerprint density at radius 2 is 2.09 bits per heavy atom. The van der Waals surface area contributed by atoms with Gasteiger partial charge in [0.05, 0.1) is 5.52 Å². The van der Waals surface area contributed by atoms with E-state index in [1.54, 1.807) is 36.4 Å². The van der Waals surface area contributed by atoms with Crippen molar-refractivity contribution in [2.75, 3.05) is 5.32 Å². The molecule has 0 radical (unpaired) electrons. The predicted octanol–water partition coefficient (Wildman–Crippen LogP) is 4.04. The van der Waals surface area contributed by atoms with Crippen molar-refractivity contribution in [3.05, 3.63) is 62.5 Å². The molecule has 3 aromatic rings. The van der Waals surface area contributed by atoms with Gasteiger partial charge in [0.25, 0.3) is 0 Å². The fraction of sp³-hybridized carbons (Fsp3) is 0.125. The van der Waals surface area contributed by atoms with Crippen LogP contribution >= 0.6 is 27.5 Å². The van der Waals surface area contributed by atoms with Gasteiger partial charge in [0.1, 0.15) is 0 Å². The predicted molar refractivity (Wildman–Crippen MR) is 92.9 cm³/mol. The van der Waals surface area contributed by atoms with Gasteiger partial charge in [-0.3, -0.25) is 9.36 Å². The number of benzene rings is 2. The standard InChI is InChI=1S/C16H12BrClN2O3/c17-10-4-5-13-14(8-10)23-16(22)20(13)7-6-15(21)19-12-3-1-2-11(18)9-12/h1-5,8-9H,6-7H2,(H,19,21). The van der Waals surface area contributed by atoms with Crippen LogP contribution in [-0.2, 0) is 11.3 Å². The number of nitrogens with one attached hydrogen (secondary N) is 1. The minimum atomic E-state index is -0.478. The van der Waals surface area contributed by atoms with Crippen molar-refractivity contribution in [3.63, 3.8) is 0 Å². The molecule has 0 aliphatic carbocycles. The summed E-state index contributed by atoms with van der Waals surface area (Å²) in [6.07, 6.45) is 0.150. The number of rotatable bonds is 4. The van der Waals surface area contributed by atoms with Gasteiger partial charge in [-0.15, -0.1) is 0 Å². The lowest BCUT2D eigenvalue weighted by atomic mass is 10.3. The van der Waals surface area contributed by atoms with Crippen LogP contribution < -0.4 is 11.1 Å². The third kappa shape index (κ3) is 3.65. The molecule has 0 bridgehead atoms. The summed E-state index contributed by atoms with van der Waals surface area (Å²) in [5.74, 6) is -0.681. The Hall–Kier alpha value is -2.05. The average Bonchev–Trinajstić information content (AvgIpc) is 2.79. The van der Waals surface area contributed by atoms with Gasteiger partial charge in [-0.2, -0.15) is 0 Å². The maximum atomic E-state index is 12.0. The summed E-state index contributed by atoms with van der Waals surface area (Å²) in [5, 5.41) is 3.29. The lowest BCUT2D eigenvalue weighted by molar-refractivity contribution is -0.116. The first-order valence-corrected chi connectivity index (χ1v) is 8.04. The number of aromatic nitrogens is 1. The molecule has 1 N–H and O–H groups in total. The van der Waals surface area contributed by atoms with Crippen LogP contribution in [0.2, 0.25) is 5.02 Å². The Balaban J connectivity index is 1.72. The Kier molecular flexibility index (Phi) is 4.54. The molecule has 2 aromatic carbocycles. The molecule has 0 fully saturated rings. The van der Waals surface area contributed by atoms with Gasteiger partial charge in [0.15, 0.2) is 5.58 Å². The van der Waals surface area contributed by atoms with Crippen molar-refractivity contribution in [1.82, 2.24) is 4.57 Å². The van der Waals surface area contributed by atoms with Crippen molar-refractivity contribution in [3.8, 4) is 0 Å². The monoisotopic (exact) mass is 394 g/mol. The van der Waals surface area contributed by atoms with E-state index in [2.05, 4.69) is 21.2 Å². The first-order chi connectivity index (χ1) is 11.0. The summed E-state index contributed by atoms with van der Waals surface area (Å²) in [6, 6.07) is 12.2. The number of hydrogen-bond donors (Lipinski definition) is 1. The third-order valence-electron chi connectivity index (χ3n) is 3.30. The number of oxazole rings is 1. The second-order valence-electron chi connectivity index (χ2n) is 4.94. The molecule has 5 nitrogen and oxygen atoms in total. The van der Waals surface area contributed by atoms with Crippen LogP contribution in [0.5, 0.6) is 0 Å². The number of fused-ring (bicyclic) bond motifs is 1. The van der Waals surface area contributed by atoms with Gasteiger partial charge in [0, 0.05) is 28.1 Å². The molecule has 0 saturated heterocycles. The Bertz CT molecular complexity index is 932. The smallest absolute Gasteiger partial charge is 0.408 e. The minimum Gasteiger partial charge on any atom is -0.408 e. The third-order valence-corrected chi connectivity index (χ3v) is 4.03. The number of carbonyl (C=O) groups excluding carboxylic acids is 1. The van der Waals surface area contributed by atoms with E-state index in [1.807, 2.05) is 6.07 Å². The first kappa shape index (κ1) is 15.8. The topological polar surface area (TPSA) is 64.2 Å². The molecule has 0 spiro atoms. The van der Waals surface area contributed by atoms with Gasteiger partial charge in [-0.1, -0.05) is 33.6 Å². The highest BCUT2D eigenvalue weighted by Crippen LogP contribution is 2.19. The summed E-state index contributed by atoms with van der Waals surface area (Å²) in [6.45, 7) is 0.236. The Labute approximate surface area is 145 Å². The highest BCUT2D eigenvalue weighted by atomic mass is 79.9. The van der Waals surface area contributed by atoms with Crippen LogP contribution in [0.4, 0.5) is 5.69 Å². The lowest BCUT2D eigenvalue weighted by Crippen LogP contribution is -2.19. The SMILES string of the molecule is O=C(CCn1c(=O)oc2cc(Br)ccc21)Nc1cccc(Cl)c1. The second-order valence-corrected chi connectivity index (χ2v) is 6.29. The highest BCUT2D eigenvalue weighted by Gasteiger charge is 2.11. The number of anilines is 1. The Morgan fingerprint density at radius 1 is 1.26 bits per heavy atom. The van der Waals surface area contributed by atoms with E-state index in [-0.39, 0.29) is 18.9 Å². The minimum absolute atomic E-state index is 0.150. The van der Waals surface area contributed by atoms with E-state index in [9.17, 15) is 9.59 Å². The molecule has 118 valence electrons. The van der Waals surface area contributed by atoms with Crippen molar-refractivity contribution in [1.29, 1.82) is 0 Å². The zero-order valence-corrected chi connectivity index (χ0v) is 14.2. The summed E-state index contributed by atoms with van der Waals surface area (Å²) >= 11 is 9.20. The van der Waals surface area contributed by atoms with E-state index in [0.717, 1.165) is 4.47 Å². The largest absolute Gasteiger partial charge is 0.419 e. The van der Waals surface area contributed by atoms with Crippen LogP contribution in [0, 0.1) is 0 Å². The quantitative estimate of drug-likeness (QED) is 0.725. The van der Waals surface area contributed by atoms with Crippen LogP contribution in [0.15, 0.2) is 56.1 Å². The number of halogens is 2.